The molecule has 0 heterocycles. The van der Waals surface area contributed by atoms with Crippen molar-refractivity contribution >= 4 is 19.8 Å². The Balaban J connectivity index is 4.15. The quantitative estimate of drug-likeness (QED) is 0.0211. The van der Waals surface area contributed by atoms with E-state index >= 15 is 0 Å². The van der Waals surface area contributed by atoms with Crippen molar-refractivity contribution in [2.24, 2.45) is 0 Å². The molecule has 0 amide bonds. The van der Waals surface area contributed by atoms with Crippen LogP contribution in [0, 0.1) is 0 Å². The molecule has 0 aliphatic rings. The Hall–Kier alpha value is -2.55. The number of quaternary nitrogens is 1. The number of rotatable bonds is 55. The largest absolute Gasteiger partial charge is 0.472 e. The van der Waals surface area contributed by atoms with Crippen LogP contribution in [0.5, 0.6) is 0 Å². The van der Waals surface area contributed by atoms with Gasteiger partial charge in [0, 0.05) is 12.8 Å². The molecule has 0 aromatic rings. The number of likely N-dealkylation sites (N-methyl/N-ethyl adjacent to an activating group) is 1. The first-order chi connectivity index (χ1) is 35.5. The summed E-state index contributed by atoms with van der Waals surface area (Å²) < 4.78 is 34.6. The van der Waals surface area contributed by atoms with Crippen molar-refractivity contribution in [3.63, 3.8) is 0 Å². The van der Waals surface area contributed by atoms with Crippen LogP contribution in [-0.4, -0.2) is 74.9 Å². The summed E-state index contributed by atoms with van der Waals surface area (Å²) in [7, 11) is 1.48. The van der Waals surface area contributed by atoms with Gasteiger partial charge in [0.2, 0.25) is 0 Å². The van der Waals surface area contributed by atoms with E-state index in [9.17, 15) is 19.0 Å². The molecular weight excluding hydrogens is 930 g/mol. The van der Waals surface area contributed by atoms with Gasteiger partial charge >= 0.3 is 19.8 Å². The van der Waals surface area contributed by atoms with Crippen molar-refractivity contribution < 1.29 is 42.1 Å². The molecule has 0 aromatic heterocycles. The number of nitrogens with zero attached hydrogens (tertiary/aromatic N) is 1. The molecule has 424 valence electrons. The first kappa shape index (κ1) is 70.5. The van der Waals surface area contributed by atoms with E-state index in [0.29, 0.717) is 17.4 Å². The van der Waals surface area contributed by atoms with Gasteiger partial charge in [-0.3, -0.25) is 18.6 Å². The third-order valence-corrected chi connectivity index (χ3v) is 14.0. The minimum atomic E-state index is -4.39. The van der Waals surface area contributed by atoms with E-state index < -0.39 is 26.5 Å². The number of ether oxygens (including phenoxy) is 2. The van der Waals surface area contributed by atoms with Crippen LogP contribution in [-0.2, 0) is 32.7 Å². The number of carbonyl (C=O) groups excluding carboxylic acids is 2. The molecule has 0 bridgehead atoms. The molecular formula is C63H115NO8P+. The van der Waals surface area contributed by atoms with E-state index in [4.69, 9.17) is 18.5 Å². The number of esters is 2. The van der Waals surface area contributed by atoms with Gasteiger partial charge in [0.1, 0.15) is 19.8 Å². The van der Waals surface area contributed by atoms with Gasteiger partial charge in [0.25, 0.3) is 0 Å². The first-order valence-corrected chi connectivity index (χ1v) is 31.7. The molecule has 1 N–H and O–H groups in total. The number of phosphoric acid groups is 1. The molecule has 0 aliphatic carbocycles. The van der Waals surface area contributed by atoms with Crippen molar-refractivity contribution in [1.82, 2.24) is 0 Å². The molecule has 0 rings (SSSR count). The van der Waals surface area contributed by atoms with Crippen LogP contribution in [0.3, 0.4) is 0 Å². The zero-order valence-electron chi connectivity index (χ0n) is 48.1. The second kappa shape index (κ2) is 54.2. The summed E-state index contributed by atoms with van der Waals surface area (Å²) in [6, 6.07) is 0. The van der Waals surface area contributed by atoms with E-state index in [2.05, 4.69) is 86.8 Å². The molecule has 73 heavy (non-hydrogen) atoms. The molecule has 0 spiro atoms. The van der Waals surface area contributed by atoms with E-state index in [0.717, 1.165) is 83.5 Å². The molecule has 0 aliphatic heterocycles. The second-order valence-corrected chi connectivity index (χ2v) is 22.8. The lowest BCUT2D eigenvalue weighted by molar-refractivity contribution is -0.870. The van der Waals surface area contributed by atoms with E-state index in [1.807, 2.05) is 21.1 Å². The van der Waals surface area contributed by atoms with Crippen molar-refractivity contribution in [2.45, 2.75) is 270 Å². The van der Waals surface area contributed by atoms with Crippen LogP contribution >= 0.6 is 7.82 Å². The summed E-state index contributed by atoms with van der Waals surface area (Å²) >= 11 is 0. The van der Waals surface area contributed by atoms with E-state index in [-0.39, 0.29) is 32.0 Å². The van der Waals surface area contributed by atoms with E-state index in [1.54, 1.807) is 0 Å². The average Bonchev–Trinajstić information content (AvgIpc) is 3.35. The highest BCUT2D eigenvalue weighted by molar-refractivity contribution is 7.47. The van der Waals surface area contributed by atoms with Crippen LogP contribution < -0.4 is 0 Å². The number of phosphoric ester groups is 1. The van der Waals surface area contributed by atoms with Crippen molar-refractivity contribution in [3.05, 3.63) is 72.9 Å². The third-order valence-electron chi connectivity index (χ3n) is 13.0. The SMILES string of the molecule is CC/C=C\C/C=C\C/C=C\C/C=C\C/C=C\C/C=C\CCCCCCCCCCCCC(=O)OC(COC(=O)CCCCCCCCCCCCCCCCCCCCCC)COP(=O)(O)OCC[N+](C)(C)C. The number of hydrogen-bond acceptors (Lipinski definition) is 7. The van der Waals surface area contributed by atoms with Crippen molar-refractivity contribution in [3.8, 4) is 0 Å². The highest BCUT2D eigenvalue weighted by Crippen LogP contribution is 2.43. The van der Waals surface area contributed by atoms with Crippen LogP contribution in [0.2, 0.25) is 0 Å². The fraction of sp³-hybridized carbons (Fsp3) is 0.778. The summed E-state index contributed by atoms with van der Waals surface area (Å²) in [5.41, 5.74) is 0. The molecule has 9 nitrogen and oxygen atoms in total. The van der Waals surface area contributed by atoms with Crippen molar-refractivity contribution in [2.75, 3.05) is 47.5 Å². The van der Waals surface area contributed by atoms with Gasteiger partial charge < -0.3 is 18.9 Å². The van der Waals surface area contributed by atoms with Crippen LogP contribution in [0.1, 0.15) is 264 Å². The normalized spacial score (nSPS) is 13.8. The van der Waals surface area contributed by atoms with Gasteiger partial charge in [-0.25, -0.2) is 4.57 Å². The summed E-state index contributed by atoms with van der Waals surface area (Å²) in [6.07, 6.45) is 71.1. The lowest BCUT2D eigenvalue weighted by Crippen LogP contribution is -2.37. The second-order valence-electron chi connectivity index (χ2n) is 21.4. The number of hydrogen-bond donors (Lipinski definition) is 1. The zero-order valence-corrected chi connectivity index (χ0v) is 49.0. The average molecular weight is 1050 g/mol. The third kappa shape index (κ3) is 58.6. The molecule has 0 saturated heterocycles. The van der Waals surface area contributed by atoms with Gasteiger partial charge in [0.05, 0.1) is 27.7 Å². The smallest absolute Gasteiger partial charge is 0.462 e. The molecule has 10 heteroatoms. The number of carbonyl (C=O) groups is 2. The lowest BCUT2D eigenvalue weighted by atomic mass is 10.0. The Morgan fingerprint density at radius 2 is 0.781 bits per heavy atom. The maximum Gasteiger partial charge on any atom is 0.472 e. The molecule has 2 atom stereocenters. The Morgan fingerprint density at radius 3 is 1.16 bits per heavy atom. The Morgan fingerprint density at radius 1 is 0.438 bits per heavy atom. The minimum absolute atomic E-state index is 0.0297. The predicted octanol–water partition coefficient (Wildman–Crippen LogP) is 18.9. The van der Waals surface area contributed by atoms with Crippen LogP contribution in [0.4, 0.5) is 0 Å². The summed E-state index contributed by atoms with van der Waals surface area (Å²) in [4.78, 5) is 35.7. The maximum atomic E-state index is 12.8. The predicted molar refractivity (Wildman–Crippen MR) is 312 cm³/mol. The molecule has 0 saturated carbocycles. The molecule has 0 radical (unpaired) electrons. The fourth-order valence-electron chi connectivity index (χ4n) is 8.37. The Labute approximate surface area is 450 Å². The van der Waals surface area contributed by atoms with Gasteiger partial charge in [-0.15, -0.1) is 0 Å². The molecule has 2 unspecified atom stereocenters. The standard InChI is InChI=1S/C63H114NO8P/c1-6-8-10-12-14-16-18-20-22-24-26-28-29-30-31-32-33-34-35-36-38-40-42-44-46-48-50-52-54-56-63(66)72-61(60-71-73(67,68)70-58-57-64(3,4)5)59-69-62(65)55-53-51-49-47-45-43-41-39-37-27-25-23-21-19-17-15-13-11-9-7-2/h8,10,14,16,20,22,26,28,30-31,33-34,61H,6-7,9,11-13,15,17-19,21,23-25,27,29,32,35-60H2,1-5H3/p+1/b10-8-,16-14-,22-20-,28-26-,31-30-,34-33-. The van der Waals surface area contributed by atoms with Gasteiger partial charge in [-0.2, -0.15) is 0 Å². The van der Waals surface area contributed by atoms with Crippen LogP contribution in [0.15, 0.2) is 72.9 Å². The lowest BCUT2D eigenvalue weighted by Gasteiger charge is -2.24. The monoisotopic (exact) mass is 1040 g/mol. The van der Waals surface area contributed by atoms with Gasteiger partial charge in [-0.05, 0) is 64.2 Å². The van der Waals surface area contributed by atoms with Gasteiger partial charge in [0.15, 0.2) is 6.10 Å². The highest BCUT2D eigenvalue weighted by atomic mass is 31.2. The first-order valence-electron chi connectivity index (χ1n) is 30.2. The minimum Gasteiger partial charge on any atom is -0.462 e. The van der Waals surface area contributed by atoms with E-state index in [1.165, 1.54) is 148 Å². The topological polar surface area (TPSA) is 108 Å². The Kier molecular flexibility index (Phi) is 52.4. The molecule has 0 fully saturated rings. The maximum absolute atomic E-state index is 12.8. The zero-order chi connectivity index (χ0) is 53.5. The molecule has 0 aromatic carbocycles. The summed E-state index contributed by atoms with van der Waals surface area (Å²) in [6.45, 7) is 4.35. The highest BCUT2D eigenvalue weighted by Gasteiger charge is 2.27. The number of allylic oxidation sites excluding steroid dienone is 12. The summed E-state index contributed by atoms with van der Waals surface area (Å²) in [5.74, 6) is -0.794. The summed E-state index contributed by atoms with van der Waals surface area (Å²) in [5, 5.41) is 0. The number of unbranched alkanes of at least 4 members (excludes halogenated alkanes) is 29. The van der Waals surface area contributed by atoms with Crippen LogP contribution in [0.25, 0.3) is 0 Å². The van der Waals surface area contributed by atoms with Gasteiger partial charge in [-0.1, -0.05) is 260 Å². The fourth-order valence-corrected chi connectivity index (χ4v) is 9.12. The van der Waals surface area contributed by atoms with Crippen molar-refractivity contribution in [1.29, 1.82) is 0 Å². The Bertz CT molecular complexity index is 1460.